The number of nitrogens with zero attached hydrogens (tertiary/aromatic N) is 1. The van der Waals surface area contributed by atoms with Crippen molar-refractivity contribution < 1.29 is 14.0 Å². The fourth-order valence-corrected chi connectivity index (χ4v) is 4.43. The van der Waals surface area contributed by atoms with E-state index in [4.69, 9.17) is 0 Å². The summed E-state index contributed by atoms with van der Waals surface area (Å²) < 4.78 is 14.0. The van der Waals surface area contributed by atoms with Gasteiger partial charge in [-0.05, 0) is 42.6 Å². The smallest absolute Gasteiger partial charge is 0.230 e. The van der Waals surface area contributed by atoms with Crippen LogP contribution in [0.25, 0.3) is 0 Å². The molecule has 2 atom stereocenters. The van der Waals surface area contributed by atoms with Crippen molar-refractivity contribution in [3.63, 3.8) is 0 Å². The summed E-state index contributed by atoms with van der Waals surface area (Å²) in [4.78, 5) is 28.5. The highest BCUT2D eigenvalue weighted by Crippen LogP contribution is 2.43. The van der Waals surface area contributed by atoms with Crippen molar-refractivity contribution in [1.29, 1.82) is 0 Å². The number of hydrogen-bond acceptors (Lipinski definition) is 3. The van der Waals surface area contributed by atoms with E-state index in [0.29, 0.717) is 0 Å². The Hall–Kier alpha value is -2.99. The zero-order valence-electron chi connectivity index (χ0n) is 15.3. The molecule has 4 nitrogen and oxygen atoms in total. The average molecular weight is 394 g/mol. The fourth-order valence-electron chi connectivity index (χ4n) is 3.55. The van der Waals surface area contributed by atoms with Gasteiger partial charge in [-0.3, -0.25) is 9.59 Å². The minimum Gasteiger partial charge on any atom is -0.323 e. The van der Waals surface area contributed by atoms with Crippen LogP contribution in [0.1, 0.15) is 22.9 Å². The number of rotatable bonds is 4. The number of aryl methyl sites for hydroxylation is 1. The fraction of sp³-hybridized carbons (Fsp3) is 0.182. The van der Waals surface area contributed by atoms with Crippen LogP contribution in [0.4, 0.5) is 15.8 Å². The Kier molecular flexibility index (Phi) is 4.96. The molecule has 2 aromatic carbocycles. The van der Waals surface area contributed by atoms with Crippen LogP contribution in [0.2, 0.25) is 0 Å². The Morgan fingerprint density at radius 1 is 1.11 bits per heavy atom. The quantitative estimate of drug-likeness (QED) is 0.682. The molecule has 0 bridgehead atoms. The second kappa shape index (κ2) is 7.56. The van der Waals surface area contributed by atoms with Crippen molar-refractivity contribution in [2.45, 2.75) is 19.4 Å². The van der Waals surface area contributed by atoms with Gasteiger partial charge in [-0.1, -0.05) is 35.9 Å². The van der Waals surface area contributed by atoms with Crippen LogP contribution in [-0.2, 0) is 9.59 Å². The summed E-state index contributed by atoms with van der Waals surface area (Å²) in [6, 6.07) is 17.1. The number of thiophene rings is 1. The molecule has 0 spiro atoms. The van der Waals surface area contributed by atoms with Gasteiger partial charge in [0.15, 0.2) is 0 Å². The lowest BCUT2D eigenvalue weighted by Crippen LogP contribution is -2.32. The van der Waals surface area contributed by atoms with Gasteiger partial charge in [-0.25, -0.2) is 4.39 Å². The first-order valence-corrected chi connectivity index (χ1v) is 9.90. The summed E-state index contributed by atoms with van der Waals surface area (Å²) in [6.45, 7) is 1.98. The van der Waals surface area contributed by atoms with Gasteiger partial charge in [0, 0.05) is 17.0 Å². The highest BCUT2D eigenvalue weighted by Gasteiger charge is 2.45. The molecule has 1 aromatic heterocycles. The highest BCUT2D eigenvalue weighted by atomic mass is 32.1. The lowest BCUT2D eigenvalue weighted by atomic mass is 9.97. The minimum absolute atomic E-state index is 0.0801. The van der Waals surface area contributed by atoms with Crippen LogP contribution in [0.5, 0.6) is 0 Å². The van der Waals surface area contributed by atoms with Gasteiger partial charge in [-0.15, -0.1) is 11.3 Å². The SMILES string of the molecule is Cc1ccc(N2C(=O)CC(C(=O)Nc3ccccc3F)C2c2cccs2)cc1. The number of hydrogen-bond donors (Lipinski definition) is 1. The molecule has 28 heavy (non-hydrogen) atoms. The van der Waals surface area contributed by atoms with Gasteiger partial charge < -0.3 is 10.2 Å². The maximum Gasteiger partial charge on any atom is 0.230 e. The van der Waals surface area contributed by atoms with Crippen molar-refractivity contribution >= 4 is 34.5 Å². The normalized spacial score (nSPS) is 19.1. The van der Waals surface area contributed by atoms with E-state index in [0.717, 1.165) is 16.1 Å². The van der Waals surface area contributed by atoms with E-state index < -0.39 is 17.8 Å². The Bertz CT molecular complexity index is 1000. The Balaban J connectivity index is 1.68. The number of carbonyl (C=O) groups excluding carboxylic acids is 2. The van der Waals surface area contributed by atoms with E-state index in [1.165, 1.54) is 23.5 Å². The van der Waals surface area contributed by atoms with E-state index in [9.17, 15) is 14.0 Å². The molecule has 0 saturated carbocycles. The predicted molar refractivity (Wildman–Crippen MR) is 109 cm³/mol. The second-order valence-electron chi connectivity index (χ2n) is 6.84. The molecule has 2 unspecified atom stereocenters. The summed E-state index contributed by atoms with van der Waals surface area (Å²) in [5.74, 6) is -1.57. The number of benzene rings is 2. The first kappa shape index (κ1) is 18.4. The van der Waals surface area contributed by atoms with Crippen LogP contribution >= 0.6 is 11.3 Å². The van der Waals surface area contributed by atoms with Crippen molar-refractivity contribution in [3.8, 4) is 0 Å². The topological polar surface area (TPSA) is 49.4 Å². The summed E-state index contributed by atoms with van der Waals surface area (Å²) in [7, 11) is 0. The first-order valence-electron chi connectivity index (χ1n) is 9.02. The van der Waals surface area contributed by atoms with E-state index in [1.54, 1.807) is 17.0 Å². The zero-order valence-corrected chi connectivity index (χ0v) is 16.1. The lowest BCUT2D eigenvalue weighted by molar-refractivity contribution is -0.122. The van der Waals surface area contributed by atoms with Gasteiger partial charge in [0.25, 0.3) is 0 Å². The van der Waals surface area contributed by atoms with Crippen molar-refractivity contribution in [1.82, 2.24) is 0 Å². The maximum absolute atomic E-state index is 14.0. The lowest BCUT2D eigenvalue weighted by Gasteiger charge is -2.27. The molecule has 6 heteroatoms. The molecule has 142 valence electrons. The van der Waals surface area contributed by atoms with Crippen molar-refractivity contribution in [2.75, 3.05) is 10.2 Å². The molecule has 3 aromatic rings. The Morgan fingerprint density at radius 3 is 2.54 bits per heavy atom. The molecule has 1 fully saturated rings. The van der Waals surface area contributed by atoms with Gasteiger partial charge in [-0.2, -0.15) is 0 Å². The summed E-state index contributed by atoms with van der Waals surface area (Å²) in [5, 5.41) is 4.59. The minimum atomic E-state index is -0.605. The van der Waals surface area contributed by atoms with Crippen LogP contribution in [-0.4, -0.2) is 11.8 Å². The number of amides is 2. The third kappa shape index (κ3) is 3.43. The van der Waals surface area contributed by atoms with Crippen molar-refractivity contribution in [3.05, 3.63) is 82.3 Å². The summed E-state index contributed by atoms with van der Waals surface area (Å²) in [6.07, 6.45) is 0.0801. The van der Waals surface area contributed by atoms with Crippen LogP contribution in [0, 0.1) is 18.7 Å². The van der Waals surface area contributed by atoms with E-state index in [1.807, 2.05) is 48.7 Å². The van der Waals surface area contributed by atoms with Crippen molar-refractivity contribution in [2.24, 2.45) is 5.92 Å². The number of anilines is 2. The molecule has 0 radical (unpaired) electrons. The molecule has 0 aliphatic carbocycles. The monoisotopic (exact) mass is 394 g/mol. The third-order valence-electron chi connectivity index (χ3n) is 4.94. The van der Waals surface area contributed by atoms with E-state index in [-0.39, 0.29) is 23.9 Å². The maximum atomic E-state index is 14.0. The van der Waals surface area contributed by atoms with Gasteiger partial charge in [0.1, 0.15) is 5.82 Å². The zero-order chi connectivity index (χ0) is 19.7. The number of para-hydroxylation sites is 1. The summed E-state index contributed by atoms with van der Waals surface area (Å²) >= 11 is 1.51. The average Bonchev–Trinajstić information content (AvgIpc) is 3.32. The number of halogens is 1. The van der Waals surface area contributed by atoms with Gasteiger partial charge in [0.2, 0.25) is 11.8 Å². The largest absolute Gasteiger partial charge is 0.323 e. The van der Waals surface area contributed by atoms with Gasteiger partial charge in [0.05, 0.1) is 17.6 Å². The first-order chi connectivity index (χ1) is 13.5. The molecule has 1 aliphatic heterocycles. The highest BCUT2D eigenvalue weighted by molar-refractivity contribution is 7.10. The molecule has 4 rings (SSSR count). The third-order valence-corrected chi connectivity index (χ3v) is 5.88. The standard InChI is InChI=1S/C22H19FN2O2S/c1-14-8-10-15(11-9-14)25-20(26)13-16(21(25)19-7-4-12-28-19)22(27)24-18-6-3-2-5-17(18)23/h2-12,16,21H,13H2,1H3,(H,24,27). The molecule has 1 saturated heterocycles. The summed E-state index contributed by atoms with van der Waals surface area (Å²) in [5.41, 5.74) is 1.98. The molecule has 2 heterocycles. The van der Waals surface area contributed by atoms with Crippen LogP contribution in [0.15, 0.2) is 66.0 Å². The molecular formula is C22H19FN2O2S. The van der Waals surface area contributed by atoms with E-state index >= 15 is 0 Å². The predicted octanol–water partition coefficient (Wildman–Crippen LogP) is 4.93. The van der Waals surface area contributed by atoms with Gasteiger partial charge >= 0.3 is 0 Å². The molecule has 1 aliphatic rings. The second-order valence-corrected chi connectivity index (χ2v) is 7.82. The van der Waals surface area contributed by atoms with Crippen LogP contribution in [0.3, 0.4) is 0 Å². The molecular weight excluding hydrogens is 375 g/mol. The Morgan fingerprint density at radius 2 is 1.86 bits per heavy atom. The number of nitrogens with one attached hydrogen (secondary N) is 1. The number of carbonyl (C=O) groups is 2. The van der Waals surface area contributed by atoms with Crippen LogP contribution < -0.4 is 10.2 Å². The Labute approximate surface area is 166 Å². The van der Waals surface area contributed by atoms with E-state index in [2.05, 4.69) is 5.32 Å². The molecule has 2 amide bonds. The molecule has 1 N–H and O–H groups in total.